The van der Waals surface area contributed by atoms with E-state index >= 15 is 0 Å². The third-order valence-electron chi connectivity index (χ3n) is 1.57. The van der Waals surface area contributed by atoms with Crippen molar-refractivity contribution in [1.29, 1.82) is 0 Å². The maximum absolute atomic E-state index is 9.56. The molecule has 1 aromatic carbocycles. The Morgan fingerprint density at radius 2 is 1.85 bits per heavy atom. The summed E-state index contributed by atoms with van der Waals surface area (Å²) in [5.74, 6) is 0. The molecule has 0 saturated heterocycles. The summed E-state index contributed by atoms with van der Waals surface area (Å²) in [5.41, 5.74) is 0. The van der Waals surface area contributed by atoms with Crippen molar-refractivity contribution >= 4 is 13.2 Å². The molecule has 1 rings (SSSR count). The van der Waals surface area contributed by atoms with E-state index in [1.54, 1.807) is 24.3 Å². The van der Waals surface area contributed by atoms with Gasteiger partial charge in [-0.15, -0.1) is 0 Å². The number of hydrogen-bond donors (Lipinski definition) is 2. The summed E-state index contributed by atoms with van der Waals surface area (Å²) in [6, 6.07) is 8.65. The van der Waals surface area contributed by atoms with E-state index in [9.17, 15) is 9.79 Å². The molecule has 0 aliphatic rings. The van der Waals surface area contributed by atoms with Gasteiger partial charge in [0.1, 0.15) is 0 Å². The van der Waals surface area contributed by atoms with Crippen LogP contribution >= 0.6 is 7.94 Å². The fraction of sp³-hybridized carbons (Fsp3) is 0.333. The maximum atomic E-state index is 9.56. The standard InChI is InChI=1S/C9H14O3P/c1-2-8-12-13(10,11)9-6-4-3-5-7-9/h3-7,10-11H,2,8H2,1H3/q+1. The number of hydrogen-bond acceptors (Lipinski definition) is 3. The third-order valence-corrected chi connectivity index (χ3v) is 3.08. The molecule has 0 aliphatic heterocycles. The minimum atomic E-state index is -3.31. The molecule has 0 amide bonds. The summed E-state index contributed by atoms with van der Waals surface area (Å²) in [6.07, 6.45) is 0.774. The quantitative estimate of drug-likeness (QED) is 0.725. The first-order valence-electron chi connectivity index (χ1n) is 4.21. The van der Waals surface area contributed by atoms with E-state index in [0.717, 1.165) is 6.42 Å². The zero-order chi connectivity index (χ0) is 9.73. The van der Waals surface area contributed by atoms with Crippen LogP contribution in [0.15, 0.2) is 30.3 Å². The second-order valence-corrected chi connectivity index (χ2v) is 4.58. The largest absolute Gasteiger partial charge is 0.443 e. The first-order chi connectivity index (χ1) is 6.17. The van der Waals surface area contributed by atoms with Crippen LogP contribution in [0.2, 0.25) is 0 Å². The van der Waals surface area contributed by atoms with Gasteiger partial charge in [-0.3, -0.25) is 0 Å². The Kier molecular flexibility index (Phi) is 3.82. The summed E-state index contributed by atoms with van der Waals surface area (Å²) in [4.78, 5) is 19.1. The normalized spacial score (nSPS) is 11.6. The Bertz CT molecular complexity index is 248. The van der Waals surface area contributed by atoms with Crippen molar-refractivity contribution in [2.24, 2.45) is 0 Å². The van der Waals surface area contributed by atoms with E-state index < -0.39 is 7.94 Å². The Labute approximate surface area is 78.6 Å². The van der Waals surface area contributed by atoms with Gasteiger partial charge in [-0.2, -0.15) is 14.3 Å². The molecule has 2 N–H and O–H groups in total. The van der Waals surface area contributed by atoms with Gasteiger partial charge >= 0.3 is 7.94 Å². The van der Waals surface area contributed by atoms with Crippen molar-refractivity contribution in [2.45, 2.75) is 13.3 Å². The molecule has 0 saturated carbocycles. The van der Waals surface area contributed by atoms with Gasteiger partial charge in [0.25, 0.3) is 0 Å². The predicted molar refractivity (Wildman–Crippen MR) is 53.7 cm³/mol. The van der Waals surface area contributed by atoms with Crippen LogP contribution < -0.4 is 5.30 Å². The van der Waals surface area contributed by atoms with Gasteiger partial charge in [0.15, 0.2) is 5.30 Å². The monoisotopic (exact) mass is 201 g/mol. The Morgan fingerprint density at radius 1 is 1.23 bits per heavy atom. The number of benzene rings is 1. The van der Waals surface area contributed by atoms with Crippen LogP contribution in [-0.2, 0) is 4.52 Å². The molecule has 72 valence electrons. The lowest BCUT2D eigenvalue weighted by molar-refractivity contribution is 0.240. The molecule has 4 heteroatoms. The highest BCUT2D eigenvalue weighted by Crippen LogP contribution is 2.49. The summed E-state index contributed by atoms with van der Waals surface area (Å²) in [6.45, 7) is 2.29. The summed E-state index contributed by atoms with van der Waals surface area (Å²) < 4.78 is 4.99. The second kappa shape index (κ2) is 4.68. The lowest BCUT2D eigenvalue weighted by Gasteiger charge is -2.09. The fourth-order valence-electron chi connectivity index (χ4n) is 0.915. The van der Waals surface area contributed by atoms with Crippen LogP contribution in [0.25, 0.3) is 0 Å². The van der Waals surface area contributed by atoms with E-state index in [2.05, 4.69) is 0 Å². The van der Waals surface area contributed by atoms with E-state index in [1.807, 2.05) is 13.0 Å². The number of rotatable bonds is 4. The minimum Gasteiger partial charge on any atom is -0.188 e. The fourth-order valence-corrected chi connectivity index (χ4v) is 2.06. The van der Waals surface area contributed by atoms with Crippen LogP contribution in [0.3, 0.4) is 0 Å². The summed E-state index contributed by atoms with van der Waals surface area (Å²) in [5, 5.41) is 0.462. The summed E-state index contributed by atoms with van der Waals surface area (Å²) >= 11 is 0. The van der Waals surface area contributed by atoms with E-state index in [0.29, 0.717) is 11.9 Å². The van der Waals surface area contributed by atoms with Gasteiger partial charge in [-0.1, -0.05) is 25.1 Å². The molecule has 0 aromatic heterocycles. The van der Waals surface area contributed by atoms with Crippen LogP contribution in [0.5, 0.6) is 0 Å². The first-order valence-corrected chi connectivity index (χ1v) is 5.83. The van der Waals surface area contributed by atoms with Crippen molar-refractivity contribution in [3.8, 4) is 0 Å². The molecular formula is C9H14O3P+. The smallest absolute Gasteiger partial charge is 0.188 e. The molecule has 3 nitrogen and oxygen atoms in total. The topological polar surface area (TPSA) is 49.7 Å². The zero-order valence-corrected chi connectivity index (χ0v) is 8.45. The highest BCUT2D eigenvalue weighted by Gasteiger charge is 2.38. The second-order valence-electron chi connectivity index (χ2n) is 2.71. The molecule has 0 unspecified atom stereocenters. The first kappa shape index (κ1) is 10.6. The Hall–Kier alpha value is -0.470. The van der Waals surface area contributed by atoms with Gasteiger partial charge in [0.2, 0.25) is 0 Å². The molecule has 0 heterocycles. The summed E-state index contributed by atoms with van der Waals surface area (Å²) in [7, 11) is -3.31. The molecule has 0 radical (unpaired) electrons. The Balaban J connectivity index is 2.69. The highest BCUT2D eigenvalue weighted by molar-refractivity contribution is 7.67. The van der Waals surface area contributed by atoms with Crippen LogP contribution in [0.1, 0.15) is 13.3 Å². The van der Waals surface area contributed by atoms with Gasteiger partial charge in [-0.25, -0.2) is 0 Å². The molecule has 0 atom stereocenters. The van der Waals surface area contributed by atoms with Crippen LogP contribution in [0.4, 0.5) is 0 Å². The van der Waals surface area contributed by atoms with Gasteiger partial charge < -0.3 is 0 Å². The highest BCUT2D eigenvalue weighted by atomic mass is 31.2. The van der Waals surface area contributed by atoms with Crippen molar-refractivity contribution in [1.82, 2.24) is 0 Å². The Morgan fingerprint density at radius 3 is 2.38 bits per heavy atom. The molecule has 0 spiro atoms. The minimum absolute atomic E-state index is 0.371. The maximum Gasteiger partial charge on any atom is 0.443 e. The third kappa shape index (κ3) is 3.05. The van der Waals surface area contributed by atoms with E-state index in [1.165, 1.54) is 0 Å². The van der Waals surface area contributed by atoms with E-state index in [4.69, 9.17) is 4.52 Å². The molecule has 1 aromatic rings. The van der Waals surface area contributed by atoms with Crippen LogP contribution in [-0.4, -0.2) is 16.4 Å². The van der Waals surface area contributed by atoms with Gasteiger partial charge in [0.05, 0.1) is 6.61 Å². The van der Waals surface area contributed by atoms with Crippen molar-refractivity contribution < 1.29 is 14.3 Å². The molecule has 0 fully saturated rings. The lowest BCUT2D eigenvalue weighted by Crippen LogP contribution is -2.12. The van der Waals surface area contributed by atoms with Gasteiger partial charge in [0, 0.05) is 0 Å². The average molecular weight is 201 g/mol. The van der Waals surface area contributed by atoms with Gasteiger partial charge in [-0.05, 0) is 18.6 Å². The lowest BCUT2D eigenvalue weighted by atomic mass is 10.4. The molecular weight excluding hydrogens is 187 g/mol. The van der Waals surface area contributed by atoms with Crippen molar-refractivity contribution in [3.05, 3.63) is 30.3 Å². The zero-order valence-electron chi connectivity index (χ0n) is 7.55. The molecule has 0 bridgehead atoms. The van der Waals surface area contributed by atoms with E-state index in [-0.39, 0.29) is 0 Å². The molecule has 0 aliphatic carbocycles. The SMILES string of the molecule is CCCO[P+](O)(O)c1ccccc1. The predicted octanol–water partition coefficient (Wildman–Crippen LogP) is 1.49. The van der Waals surface area contributed by atoms with Crippen LogP contribution in [0, 0.1) is 0 Å². The van der Waals surface area contributed by atoms with Crippen molar-refractivity contribution in [2.75, 3.05) is 6.61 Å². The average Bonchev–Trinajstić information content (AvgIpc) is 2.16. The van der Waals surface area contributed by atoms with Crippen molar-refractivity contribution in [3.63, 3.8) is 0 Å². The molecule has 13 heavy (non-hydrogen) atoms.